The number of hydrogen-bond acceptors (Lipinski definition) is 5. The van der Waals surface area contributed by atoms with Crippen LogP contribution < -0.4 is 0 Å². The molecule has 8 nitrogen and oxygen atoms in total. The number of aliphatic hydroxyl groups excluding tert-OH is 1. The predicted molar refractivity (Wildman–Crippen MR) is 120 cm³/mol. The first kappa shape index (κ1) is 25.0. The number of aromatic carboxylic acids is 1. The van der Waals surface area contributed by atoms with Crippen molar-refractivity contribution in [3.05, 3.63) is 50.6 Å². The van der Waals surface area contributed by atoms with Gasteiger partial charge in [0.15, 0.2) is 0 Å². The minimum Gasteiger partial charge on any atom is -0.477 e. The van der Waals surface area contributed by atoms with Gasteiger partial charge in [0.1, 0.15) is 17.3 Å². The summed E-state index contributed by atoms with van der Waals surface area (Å²) in [5.41, 5.74) is 6.11. The van der Waals surface area contributed by atoms with Gasteiger partial charge in [0.05, 0.1) is 6.61 Å². The van der Waals surface area contributed by atoms with E-state index in [0.29, 0.717) is 36.9 Å². The second-order valence-corrected chi connectivity index (χ2v) is 7.46. The summed E-state index contributed by atoms with van der Waals surface area (Å²) in [6.45, 7) is 7.71. The zero-order valence-electron chi connectivity index (χ0n) is 19.1. The molecule has 172 valence electrons. The summed E-state index contributed by atoms with van der Waals surface area (Å²) in [6, 6.07) is 1.91. The number of nitrogens with one attached hydrogen (secondary N) is 2. The van der Waals surface area contributed by atoms with Gasteiger partial charge in [-0.25, -0.2) is 9.59 Å². The van der Waals surface area contributed by atoms with Crippen molar-refractivity contribution in [2.24, 2.45) is 0 Å². The fraction of sp³-hybridized carbons (Fsp3) is 0.458. The first-order chi connectivity index (χ1) is 15.3. The number of carboxylic acids is 1. The minimum atomic E-state index is -1.02. The predicted octanol–water partition coefficient (Wildman–Crippen LogP) is 3.46. The van der Waals surface area contributed by atoms with Crippen LogP contribution in [-0.2, 0) is 35.2 Å². The van der Waals surface area contributed by atoms with Gasteiger partial charge in [-0.2, -0.15) is 5.26 Å². The number of carboxylic acid groups (broad SMARTS) is 1. The minimum absolute atomic E-state index is 0.0227. The molecule has 0 saturated carbocycles. The maximum absolute atomic E-state index is 12.1. The Bertz CT molecular complexity index is 1050. The smallest absolute Gasteiger partial charge is 0.352 e. The Hall–Kier alpha value is -3.31. The molecule has 2 heterocycles. The Balaban J connectivity index is 2.56. The molecule has 0 aromatic carbocycles. The third-order valence-corrected chi connectivity index (χ3v) is 5.57. The molecule has 0 spiro atoms. The van der Waals surface area contributed by atoms with Gasteiger partial charge in [0.2, 0.25) is 0 Å². The molecule has 2 rings (SSSR count). The highest BCUT2D eigenvalue weighted by Crippen LogP contribution is 2.28. The Kier molecular flexibility index (Phi) is 8.85. The van der Waals surface area contributed by atoms with Crippen molar-refractivity contribution >= 4 is 18.0 Å². The highest BCUT2D eigenvalue weighted by atomic mass is 16.5. The molecule has 0 unspecified atom stereocenters. The number of rotatable bonds is 11. The number of carbonyl (C=O) groups is 2. The van der Waals surface area contributed by atoms with Crippen LogP contribution in [0.15, 0.2) is 5.57 Å². The number of aromatic amines is 2. The summed E-state index contributed by atoms with van der Waals surface area (Å²) >= 11 is 0. The molecule has 0 aliphatic carbocycles. The molecule has 0 radical (unpaired) electrons. The molecule has 2 aromatic rings. The standard InChI is InChI=1S/C24H31N3O5/c1-5-16-17(6-2)20(26-19(16)11-15(13-25)24(31)32-7-3)12-21-18(9-8-10-28)14(4)22(27-21)23(29)30/h11,26-28H,5-10,12H2,1-4H3,(H,29,30)/b15-11+. The maximum Gasteiger partial charge on any atom is 0.352 e. The third-order valence-electron chi connectivity index (χ3n) is 5.57. The second-order valence-electron chi connectivity index (χ2n) is 7.46. The van der Waals surface area contributed by atoms with Crippen LogP contribution >= 0.6 is 0 Å². The zero-order valence-corrected chi connectivity index (χ0v) is 19.1. The Labute approximate surface area is 187 Å². The summed E-state index contributed by atoms with van der Waals surface area (Å²) in [7, 11) is 0. The van der Waals surface area contributed by atoms with E-state index in [9.17, 15) is 25.1 Å². The fourth-order valence-electron chi connectivity index (χ4n) is 4.09. The number of esters is 1. The van der Waals surface area contributed by atoms with E-state index in [1.54, 1.807) is 13.8 Å². The maximum atomic E-state index is 12.1. The highest BCUT2D eigenvalue weighted by Gasteiger charge is 2.22. The molecular formula is C24H31N3O5. The molecule has 0 aliphatic heterocycles. The van der Waals surface area contributed by atoms with E-state index < -0.39 is 11.9 Å². The summed E-state index contributed by atoms with van der Waals surface area (Å²) < 4.78 is 4.97. The van der Waals surface area contributed by atoms with Crippen LogP contribution in [0.1, 0.15) is 77.0 Å². The number of carbonyl (C=O) groups excluding carboxylic acids is 1. The highest BCUT2D eigenvalue weighted by molar-refractivity contribution is 5.97. The monoisotopic (exact) mass is 441 g/mol. The molecule has 0 bridgehead atoms. The van der Waals surface area contributed by atoms with Gasteiger partial charge < -0.3 is 24.9 Å². The number of hydrogen-bond donors (Lipinski definition) is 4. The molecule has 0 atom stereocenters. The van der Waals surface area contributed by atoms with Crippen LogP contribution in [0, 0.1) is 18.3 Å². The van der Waals surface area contributed by atoms with Crippen molar-refractivity contribution < 1.29 is 24.5 Å². The summed E-state index contributed by atoms with van der Waals surface area (Å²) in [4.78, 5) is 30.1. The zero-order chi connectivity index (χ0) is 23.8. The normalized spacial score (nSPS) is 11.4. The number of aromatic nitrogens is 2. The van der Waals surface area contributed by atoms with Gasteiger partial charge in [-0.1, -0.05) is 13.8 Å². The van der Waals surface area contributed by atoms with Gasteiger partial charge in [0, 0.05) is 30.1 Å². The quantitative estimate of drug-likeness (QED) is 0.239. The van der Waals surface area contributed by atoms with Gasteiger partial charge in [0.25, 0.3) is 0 Å². The Morgan fingerprint density at radius 1 is 1.09 bits per heavy atom. The molecule has 4 N–H and O–H groups in total. The van der Waals surface area contributed by atoms with Crippen LogP contribution in [0.2, 0.25) is 0 Å². The summed E-state index contributed by atoms with van der Waals surface area (Å²) in [6.07, 6.45) is 4.51. The lowest BCUT2D eigenvalue weighted by Crippen LogP contribution is -2.06. The Morgan fingerprint density at radius 2 is 1.75 bits per heavy atom. The van der Waals surface area contributed by atoms with Gasteiger partial charge in [-0.05, 0) is 67.9 Å². The third kappa shape index (κ3) is 5.29. The van der Waals surface area contributed by atoms with Crippen molar-refractivity contribution in [2.45, 2.75) is 59.8 Å². The first-order valence-corrected chi connectivity index (χ1v) is 10.9. The Morgan fingerprint density at radius 3 is 2.28 bits per heavy atom. The number of aliphatic hydroxyl groups is 1. The van der Waals surface area contributed by atoms with E-state index in [4.69, 9.17) is 4.74 Å². The molecule has 0 amide bonds. The lowest BCUT2D eigenvalue weighted by Gasteiger charge is -2.07. The number of H-pyrrole nitrogens is 2. The van der Waals surface area contributed by atoms with E-state index in [0.717, 1.165) is 34.5 Å². The summed E-state index contributed by atoms with van der Waals surface area (Å²) in [5, 5.41) is 28.2. The van der Waals surface area contributed by atoms with Crippen LogP contribution in [-0.4, -0.2) is 45.3 Å². The molecule has 32 heavy (non-hydrogen) atoms. The average molecular weight is 442 g/mol. The first-order valence-electron chi connectivity index (χ1n) is 10.9. The molecule has 0 fully saturated rings. The van der Waals surface area contributed by atoms with Gasteiger partial charge in [-0.15, -0.1) is 0 Å². The van der Waals surface area contributed by atoms with Crippen LogP contribution in [0.25, 0.3) is 6.08 Å². The van der Waals surface area contributed by atoms with Gasteiger partial charge >= 0.3 is 11.9 Å². The van der Waals surface area contributed by atoms with E-state index in [1.807, 2.05) is 19.9 Å². The number of nitriles is 1. The van der Waals surface area contributed by atoms with E-state index >= 15 is 0 Å². The van der Waals surface area contributed by atoms with Crippen LogP contribution in [0.5, 0.6) is 0 Å². The fourth-order valence-corrected chi connectivity index (χ4v) is 4.09. The summed E-state index contributed by atoms with van der Waals surface area (Å²) in [5.74, 6) is -1.68. The lowest BCUT2D eigenvalue weighted by atomic mass is 9.98. The van der Waals surface area contributed by atoms with Crippen molar-refractivity contribution in [1.29, 1.82) is 5.26 Å². The van der Waals surface area contributed by atoms with E-state index in [2.05, 4.69) is 9.97 Å². The molecule has 0 aliphatic rings. The van der Waals surface area contributed by atoms with E-state index in [1.165, 1.54) is 6.08 Å². The molecule has 0 saturated heterocycles. The van der Waals surface area contributed by atoms with Crippen LogP contribution in [0.3, 0.4) is 0 Å². The topological polar surface area (TPSA) is 139 Å². The van der Waals surface area contributed by atoms with Crippen LogP contribution in [0.4, 0.5) is 0 Å². The molecular weight excluding hydrogens is 410 g/mol. The average Bonchev–Trinajstić information content (AvgIpc) is 3.26. The number of ether oxygens (including phenoxy) is 1. The van der Waals surface area contributed by atoms with Crippen molar-refractivity contribution in [1.82, 2.24) is 9.97 Å². The van der Waals surface area contributed by atoms with Crippen molar-refractivity contribution in [3.8, 4) is 6.07 Å². The van der Waals surface area contributed by atoms with Crippen molar-refractivity contribution in [2.75, 3.05) is 13.2 Å². The van der Waals surface area contributed by atoms with E-state index in [-0.39, 0.29) is 24.5 Å². The van der Waals surface area contributed by atoms with Crippen molar-refractivity contribution in [3.63, 3.8) is 0 Å². The second kappa shape index (κ2) is 11.3. The molecule has 8 heteroatoms. The molecule has 2 aromatic heterocycles. The van der Waals surface area contributed by atoms with Gasteiger partial charge in [-0.3, -0.25) is 0 Å². The SMILES string of the molecule is CCOC(=O)/C(C#N)=C/c1[nH]c(Cc2[nH]c(C(=O)O)c(C)c2CCCO)c(CC)c1CC. The lowest BCUT2D eigenvalue weighted by molar-refractivity contribution is -0.137. The number of nitrogens with zero attached hydrogens (tertiary/aromatic N) is 1. The largest absolute Gasteiger partial charge is 0.477 e.